The summed E-state index contributed by atoms with van der Waals surface area (Å²) in [7, 11) is 0. The lowest BCUT2D eigenvalue weighted by Gasteiger charge is -2.10. The fraction of sp³-hybridized carbons (Fsp3) is 0.133. The number of nitrogens with zero attached hydrogens (tertiary/aromatic N) is 2. The first-order chi connectivity index (χ1) is 10.1. The van der Waals surface area contributed by atoms with Crippen LogP contribution in [0.15, 0.2) is 36.4 Å². The van der Waals surface area contributed by atoms with Gasteiger partial charge >= 0.3 is 0 Å². The minimum atomic E-state index is -0.379. The Hall–Kier alpha value is -0.850. The summed E-state index contributed by atoms with van der Waals surface area (Å²) in [4.78, 5) is 4.58. The van der Waals surface area contributed by atoms with Gasteiger partial charge in [0.25, 0.3) is 0 Å². The number of benzene rings is 2. The molecular formula is C15H10Cl2FIN2. The van der Waals surface area contributed by atoms with E-state index >= 15 is 0 Å². The van der Waals surface area contributed by atoms with Gasteiger partial charge in [0.15, 0.2) is 0 Å². The van der Waals surface area contributed by atoms with E-state index < -0.39 is 0 Å². The molecule has 0 bridgehead atoms. The second kappa shape index (κ2) is 6.10. The van der Waals surface area contributed by atoms with Crippen molar-refractivity contribution in [2.45, 2.75) is 6.42 Å². The van der Waals surface area contributed by atoms with Crippen LogP contribution in [-0.4, -0.2) is 15.4 Å². The van der Waals surface area contributed by atoms with Gasteiger partial charge in [-0.1, -0.05) is 11.6 Å². The fourth-order valence-electron chi connectivity index (χ4n) is 2.29. The number of fused-ring (bicyclic) bond motifs is 1. The Bertz CT molecular complexity index is 817. The van der Waals surface area contributed by atoms with Crippen molar-refractivity contribution in [1.29, 1.82) is 0 Å². The van der Waals surface area contributed by atoms with E-state index in [1.807, 2.05) is 18.2 Å². The molecule has 0 N–H and O–H groups in total. The van der Waals surface area contributed by atoms with Gasteiger partial charge in [-0.05, 0) is 59.0 Å². The third-order valence-electron chi connectivity index (χ3n) is 3.15. The van der Waals surface area contributed by atoms with Gasteiger partial charge in [0.05, 0.1) is 16.7 Å². The predicted molar refractivity (Wildman–Crippen MR) is 93.2 cm³/mol. The zero-order chi connectivity index (χ0) is 15.0. The molecule has 0 unspecified atom stereocenters. The standard InChI is InChI=1S/C15H10Cl2FIN2/c16-6-5-15-20-12-8-10(19)2-4-14(12)21(15)13-3-1-9(17)7-11(13)18/h1-4,7-8H,5-6H2. The number of alkyl halides is 1. The molecule has 0 amide bonds. The van der Waals surface area contributed by atoms with Crippen LogP contribution in [0, 0.1) is 9.39 Å². The van der Waals surface area contributed by atoms with Crippen LogP contribution in [0.5, 0.6) is 0 Å². The van der Waals surface area contributed by atoms with Crippen molar-refractivity contribution in [2.75, 3.05) is 5.88 Å². The molecule has 0 aliphatic rings. The molecule has 0 saturated carbocycles. The van der Waals surface area contributed by atoms with E-state index in [4.69, 9.17) is 23.2 Å². The molecule has 3 aromatic rings. The lowest BCUT2D eigenvalue weighted by atomic mass is 10.2. The van der Waals surface area contributed by atoms with Crippen molar-refractivity contribution in [2.24, 2.45) is 0 Å². The summed E-state index contributed by atoms with van der Waals surface area (Å²) in [5, 5.41) is 0.370. The molecule has 0 aliphatic carbocycles. The first kappa shape index (κ1) is 15.1. The number of hydrogen-bond acceptors (Lipinski definition) is 1. The zero-order valence-corrected chi connectivity index (χ0v) is 14.5. The number of aryl methyl sites for hydroxylation is 1. The molecule has 2 nitrogen and oxygen atoms in total. The lowest BCUT2D eigenvalue weighted by molar-refractivity contribution is 0.617. The second-order valence-electron chi connectivity index (χ2n) is 4.53. The average molecular weight is 435 g/mol. The van der Waals surface area contributed by atoms with Crippen LogP contribution in [0.2, 0.25) is 5.02 Å². The van der Waals surface area contributed by atoms with Crippen molar-refractivity contribution < 1.29 is 4.39 Å². The molecule has 0 spiro atoms. The molecule has 0 fully saturated rings. The van der Waals surface area contributed by atoms with E-state index in [1.54, 1.807) is 16.7 Å². The molecule has 0 atom stereocenters. The summed E-state index contributed by atoms with van der Waals surface area (Å²) in [6.07, 6.45) is 0.564. The Morgan fingerprint density at radius 1 is 1.19 bits per heavy atom. The lowest BCUT2D eigenvalue weighted by Crippen LogP contribution is -2.04. The number of hydrogen-bond donors (Lipinski definition) is 0. The minimum absolute atomic E-state index is 0.370. The van der Waals surface area contributed by atoms with Gasteiger partial charge in [-0.2, -0.15) is 0 Å². The first-order valence-corrected chi connectivity index (χ1v) is 8.27. The predicted octanol–water partition coefficient (Wildman–Crippen LogP) is 5.20. The molecule has 21 heavy (non-hydrogen) atoms. The first-order valence-electron chi connectivity index (χ1n) is 6.28. The quantitative estimate of drug-likeness (QED) is 0.409. The smallest absolute Gasteiger partial charge is 0.148 e. The molecular weight excluding hydrogens is 425 g/mol. The van der Waals surface area contributed by atoms with Gasteiger partial charge in [-0.3, -0.25) is 4.57 Å². The van der Waals surface area contributed by atoms with Crippen molar-refractivity contribution in [3.63, 3.8) is 0 Å². The van der Waals surface area contributed by atoms with Gasteiger partial charge in [0.1, 0.15) is 11.6 Å². The number of aromatic nitrogens is 2. The van der Waals surface area contributed by atoms with E-state index in [1.165, 1.54) is 6.07 Å². The molecule has 108 valence electrons. The Kier molecular flexibility index (Phi) is 4.38. The highest BCUT2D eigenvalue weighted by Gasteiger charge is 2.15. The highest BCUT2D eigenvalue weighted by Crippen LogP contribution is 2.26. The number of rotatable bonds is 3. The average Bonchev–Trinajstić information content (AvgIpc) is 2.76. The normalized spacial score (nSPS) is 11.2. The second-order valence-corrected chi connectivity index (χ2v) is 6.59. The zero-order valence-electron chi connectivity index (χ0n) is 10.8. The molecule has 0 saturated heterocycles. The van der Waals surface area contributed by atoms with E-state index in [2.05, 4.69) is 27.6 Å². The SMILES string of the molecule is Fc1cc(Cl)ccc1-n1c(CCCl)nc2cc(I)ccc21. The molecule has 1 heterocycles. The largest absolute Gasteiger partial charge is 0.293 e. The Labute approximate surface area is 145 Å². The summed E-state index contributed by atoms with van der Waals surface area (Å²) in [5.74, 6) is 0.787. The molecule has 3 rings (SSSR count). The van der Waals surface area contributed by atoms with Crippen LogP contribution in [0.4, 0.5) is 4.39 Å². The van der Waals surface area contributed by atoms with Crippen molar-refractivity contribution in [3.05, 3.63) is 56.6 Å². The maximum Gasteiger partial charge on any atom is 0.148 e. The minimum Gasteiger partial charge on any atom is -0.293 e. The van der Waals surface area contributed by atoms with Gasteiger partial charge in [-0.15, -0.1) is 11.6 Å². The maximum atomic E-state index is 14.3. The fourth-order valence-corrected chi connectivity index (χ4v) is 3.09. The summed E-state index contributed by atoms with van der Waals surface area (Å²) < 4.78 is 17.2. The summed E-state index contributed by atoms with van der Waals surface area (Å²) in [6.45, 7) is 0. The maximum absolute atomic E-state index is 14.3. The van der Waals surface area contributed by atoms with Crippen LogP contribution in [0.25, 0.3) is 16.7 Å². The van der Waals surface area contributed by atoms with Gasteiger partial charge in [0, 0.05) is 20.9 Å². The monoisotopic (exact) mass is 434 g/mol. The van der Waals surface area contributed by atoms with Gasteiger partial charge in [-0.25, -0.2) is 9.37 Å². The molecule has 0 radical (unpaired) electrons. The van der Waals surface area contributed by atoms with Crippen molar-refractivity contribution >= 4 is 56.8 Å². The summed E-state index contributed by atoms with van der Waals surface area (Å²) in [6, 6.07) is 10.5. The van der Waals surface area contributed by atoms with E-state index in [0.29, 0.717) is 23.0 Å². The van der Waals surface area contributed by atoms with Crippen LogP contribution in [-0.2, 0) is 6.42 Å². The van der Waals surface area contributed by atoms with E-state index in [9.17, 15) is 4.39 Å². The van der Waals surface area contributed by atoms with Crippen molar-refractivity contribution in [3.8, 4) is 5.69 Å². The highest BCUT2D eigenvalue weighted by atomic mass is 127. The molecule has 1 aromatic heterocycles. The van der Waals surface area contributed by atoms with Crippen LogP contribution >= 0.6 is 45.8 Å². The molecule has 6 heteroatoms. The van der Waals surface area contributed by atoms with Crippen LogP contribution in [0.1, 0.15) is 5.82 Å². The Morgan fingerprint density at radius 2 is 2.00 bits per heavy atom. The Morgan fingerprint density at radius 3 is 2.71 bits per heavy atom. The molecule has 2 aromatic carbocycles. The van der Waals surface area contributed by atoms with Gasteiger partial charge in [0.2, 0.25) is 0 Å². The van der Waals surface area contributed by atoms with Crippen molar-refractivity contribution in [1.82, 2.24) is 9.55 Å². The number of imidazole rings is 1. The topological polar surface area (TPSA) is 17.8 Å². The third kappa shape index (κ3) is 2.89. The van der Waals surface area contributed by atoms with Crippen LogP contribution < -0.4 is 0 Å². The number of halogens is 4. The Balaban J connectivity index is 2.30. The van der Waals surface area contributed by atoms with Gasteiger partial charge < -0.3 is 0 Å². The summed E-state index contributed by atoms with van der Waals surface area (Å²) >= 11 is 13.9. The molecule has 0 aliphatic heterocycles. The van der Waals surface area contributed by atoms with E-state index in [0.717, 1.165) is 20.4 Å². The highest BCUT2D eigenvalue weighted by molar-refractivity contribution is 14.1. The summed E-state index contributed by atoms with van der Waals surface area (Å²) in [5.41, 5.74) is 2.12. The van der Waals surface area contributed by atoms with E-state index in [-0.39, 0.29) is 5.82 Å². The third-order valence-corrected chi connectivity index (χ3v) is 4.25. The van der Waals surface area contributed by atoms with Crippen LogP contribution in [0.3, 0.4) is 0 Å².